The Kier molecular flexibility index (Phi) is 9.94. The van der Waals surface area contributed by atoms with Crippen molar-refractivity contribution in [3.05, 3.63) is 57.3 Å². The number of carbonyl (C=O) groups excluding carboxylic acids is 3. The molecule has 2 heterocycles. The van der Waals surface area contributed by atoms with Gasteiger partial charge >= 0.3 is 5.97 Å². The molecular weight excluding hydrogens is 560 g/mol. The van der Waals surface area contributed by atoms with Crippen molar-refractivity contribution in [3.8, 4) is 11.5 Å². The maximum absolute atomic E-state index is 12.7. The molecule has 2 aromatic carbocycles. The zero-order valence-electron chi connectivity index (χ0n) is 23.7. The van der Waals surface area contributed by atoms with E-state index in [0.29, 0.717) is 9.75 Å². The van der Waals surface area contributed by atoms with Crippen molar-refractivity contribution in [1.82, 2.24) is 0 Å². The molecule has 1 N–H and O–H groups in total. The Balaban J connectivity index is 1.43. The Morgan fingerprint density at radius 2 is 1.24 bits per heavy atom. The molecule has 2 aromatic heterocycles. The van der Waals surface area contributed by atoms with Crippen LogP contribution in [0.2, 0.25) is 0 Å². The molecule has 9 heteroatoms. The molecule has 4 aromatic rings. The molecule has 0 bridgehead atoms. The highest BCUT2D eigenvalue weighted by molar-refractivity contribution is 7.21. The van der Waals surface area contributed by atoms with Crippen molar-refractivity contribution in [1.29, 1.82) is 0 Å². The van der Waals surface area contributed by atoms with Crippen molar-refractivity contribution in [2.24, 2.45) is 5.92 Å². The highest BCUT2D eigenvalue weighted by Crippen LogP contribution is 2.36. The number of thiophene rings is 2. The summed E-state index contributed by atoms with van der Waals surface area (Å²) in [5, 5.41) is 10.8. The fourth-order valence-electron chi connectivity index (χ4n) is 4.77. The summed E-state index contributed by atoms with van der Waals surface area (Å²) in [6, 6.07) is 11.8. The minimum Gasteiger partial charge on any atom is -0.496 e. The van der Waals surface area contributed by atoms with Crippen LogP contribution in [0.25, 0.3) is 20.2 Å². The zero-order chi connectivity index (χ0) is 29.7. The lowest BCUT2D eigenvalue weighted by atomic mass is 9.99. The number of carbonyl (C=O) groups is 4. The van der Waals surface area contributed by atoms with Gasteiger partial charge in [0.15, 0.2) is 11.6 Å². The quantitative estimate of drug-likeness (QED) is 0.112. The summed E-state index contributed by atoms with van der Waals surface area (Å²) in [6.07, 6.45) is 3.47. The molecule has 1 atom stereocenters. The van der Waals surface area contributed by atoms with E-state index in [1.807, 2.05) is 24.3 Å². The van der Waals surface area contributed by atoms with Crippen LogP contribution in [0.3, 0.4) is 0 Å². The third-order valence-electron chi connectivity index (χ3n) is 7.28. The molecule has 0 aliphatic carbocycles. The molecule has 0 spiro atoms. The molecule has 0 fully saturated rings. The number of fused-ring (bicyclic) bond motifs is 2. The summed E-state index contributed by atoms with van der Waals surface area (Å²) in [5.74, 6) is 0.155. The smallest absolute Gasteiger partial charge is 0.303 e. The molecule has 7 nitrogen and oxygen atoms in total. The average Bonchev–Trinajstić information content (AvgIpc) is 3.56. The van der Waals surface area contributed by atoms with Crippen LogP contribution in [0.4, 0.5) is 0 Å². The van der Waals surface area contributed by atoms with E-state index < -0.39 is 5.97 Å². The fraction of sp³-hybridized carbons (Fsp3) is 0.375. The predicted molar refractivity (Wildman–Crippen MR) is 163 cm³/mol. The first-order chi connectivity index (χ1) is 19.6. The van der Waals surface area contributed by atoms with Crippen LogP contribution in [0.1, 0.15) is 76.4 Å². The second-order valence-corrected chi connectivity index (χ2v) is 12.5. The van der Waals surface area contributed by atoms with Gasteiger partial charge in [0.05, 0.1) is 30.4 Å². The normalized spacial score (nSPS) is 12.0. The van der Waals surface area contributed by atoms with Crippen molar-refractivity contribution in [2.45, 2.75) is 58.8 Å². The summed E-state index contributed by atoms with van der Waals surface area (Å²) in [4.78, 5) is 48.8. The Bertz CT molecular complexity index is 1610. The van der Waals surface area contributed by atoms with E-state index in [4.69, 9.17) is 14.6 Å². The Morgan fingerprint density at radius 1 is 0.756 bits per heavy atom. The van der Waals surface area contributed by atoms with E-state index in [-0.39, 0.29) is 42.5 Å². The summed E-state index contributed by atoms with van der Waals surface area (Å²) >= 11 is 2.80. The van der Waals surface area contributed by atoms with Crippen LogP contribution >= 0.6 is 22.7 Å². The molecule has 216 valence electrons. The summed E-state index contributed by atoms with van der Waals surface area (Å²) in [6.45, 7) is 3.30. The van der Waals surface area contributed by atoms with Gasteiger partial charge in [-0.2, -0.15) is 0 Å². The van der Waals surface area contributed by atoms with Gasteiger partial charge in [-0.25, -0.2) is 0 Å². The third kappa shape index (κ3) is 7.40. The fourth-order valence-corrected chi connectivity index (χ4v) is 6.84. The number of benzene rings is 2. The van der Waals surface area contributed by atoms with Crippen molar-refractivity contribution in [3.63, 3.8) is 0 Å². The van der Waals surface area contributed by atoms with Gasteiger partial charge in [0.2, 0.25) is 0 Å². The van der Waals surface area contributed by atoms with Crippen LogP contribution < -0.4 is 9.47 Å². The van der Waals surface area contributed by atoms with Crippen LogP contribution in [0.15, 0.2) is 36.4 Å². The van der Waals surface area contributed by atoms with Gasteiger partial charge in [-0.05, 0) is 90.9 Å². The van der Waals surface area contributed by atoms with Crippen LogP contribution in [0, 0.1) is 5.92 Å². The van der Waals surface area contributed by atoms with Crippen LogP contribution in [-0.2, 0) is 22.4 Å². The Labute approximate surface area is 247 Å². The van der Waals surface area contributed by atoms with E-state index in [0.717, 1.165) is 68.5 Å². The average molecular weight is 595 g/mol. The number of carboxylic acid groups (broad SMARTS) is 1. The van der Waals surface area contributed by atoms with Gasteiger partial charge < -0.3 is 14.6 Å². The van der Waals surface area contributed by atoms with E-state index in [1.165, 1.54) is 29.6 Å². The first kappa shape index (κ1) is 30.4. The Hall–Kier alpha value is -3.56. The second kappa shape index (κ2) is 13.4. The summed E-state index contributed by atoms with van der Waals surface area (Å²) < 4.78 is 13.2. The number of aryl methyl sites for hydroxylation is 2. The minimum absolute atomic E-state index is 0.0104. The number of ether oxygens (including phenoxy) is 2. The molecule has 0 saturated heterocycles. The molecule has 0 amide bonds. The summed E-state index contributed by atoms with van der Waals surface area (Å²) in [5.41, 5.74) is 2.14. The number of rotatable bonds is 15. The van der Waals surface area contributed by atoms with Gasteiger partial charge in [-0.1, -0.05) is 6.92 Å². The maximum Gasteiger partial charge on any atom is 0.303 e. The van der Waals surface area contributed by atoms with E-state index >= 15 is 0 Å². The number of aliphatic carboxylic acids is 1. The lowest BCUT2D eigenvalue weighted by Gasteiger charge is -2.11. The first-order valence-electron chi connectivity index (χ1n) is 13.6. The highest BCUT2D eigenvalue weighted by Gasteiger charge is 2.18. The van der Waals surface area contributed by atoms with Crippen molar-refractivity contribution in [2.75, 3.05) is 14.2 Å². The van der Waals surface area contributed by atoms with Crippen LogP contribution in [0.5, 0.6) is 11.5 Å². The minimum atomic E-state index is -0.980. The molecular formula is C32H34O7S2. The molecule has 41 heavy (non-hydrogen) atoms. The number of hydrogen-bond donors (Lipinski definition) is 1. The topological polar surface area (TPSA) is 107 Å². The lowest BCUT2D eigenvalue weighted by Crippen LogP contribution is -2.11. The van der Waals surface area contributed by atoms with Gasteiger partial charge in [-0.3, -0.25) is 19.2 Å². The van der Waals surface area contributed by atoms with Gasteiger partial charge in [0.1, 0.15) is 17.3 Å². The number of ketones is 3. The maximum atomic E-state index is 12.7. The molecule has 0 aliphatic heterocycles. The van der Waals surface area contributed by atoms with Gasteiger partial charge in [-0.15, -0.1) is 22.7 Å². The predicted octanol–water partition coefficient (Wildman–Crippen LogP) is 7.54. The van der Waals surface area contributed by atoms with E-state index in [1.54, 1.807) is 21.1 Å². The molecule has 0 saturated carbocycles. The second-order valence-electron chi connectivity index (χ2n) is 10.3. The molecule has 0 aliphatic rings. The molecule has 0 unspecified atom stereocenters. The van der Waals surface area contributed by atoms with E-state index in [2.05, 4.69) is 12.1 Å². The number of carboxylic acids is 1. The van der Waals surface area contributed by atoms with Crippen LogP contribution in [-0.4, -0.2) is 42.6 Å². The number of hydrogen-bond acceptors (Lipinski definition) is 8. The third-order valence-corrected chi connectivity index (χ3v) is 9.56. The standard InChI is InChI=1S/C32H34O7S2/c1-18(19(2)33)11-25(35)31-15-23-13-21(27(39-4)17-29(23)41-31)8-6-5-7-20-12-22-14-30(24(34)9-10-32(36)37)40-28(22)16-26(20)38-3/h12-18H,5-11H2,1-4H3,(H,36,37)/t18-/m0/s1. The van der Waals surface area contributed by atoms with E-state index in [9.17, 15) is 19.2 Å². The largest absolute Gasteiger partial charge is 0.496 e. The van der Waals surface area contributed by atoms with Crippen molar-refractivity contribution >= 4 is 66.2 Å². The number of unbranched alkanes of at least 4 members (excludes halogenated alkanes) is 1. The highest BCUT2D eigenvalue weighted by atomic mass is 32.1. The van der Waals surface area contributed by atoms with Gasteiger partial charge in [0.25, 0.3) is 0 Å². The number of Topliss-reactive ketones (excluding diaryl/α,β-unsaturated/α-hetero) is 3. The molecule has 4 rings (SSSR count). The number of methoxy groups -OCH3 is 2. The van der Waals surface area contributed by atoms with Gasteiger partial charge in [0, 0.05) is 28.2 Å². The van der Waals surface area contributed by atoms with Crippen molar-refractivity contribution < 1.29 is 33.8 Å². The SMILES string of the molecule is COc1cc2sc(C(=O)CCC(=O)O)cc2cc1CCCCc1cc2cc(C(=O)C[C@H](C)C(C)=O)sc2cc1OC. The lowest BCUT2D eigenvalue weighted by molar-refractivity contribution is -0.137. The summed E-state index contributed by atoms with van der Waals surface area (Å²) in [7, 11) is 3.29. The first-order valence-corrected chi connectivity index (χ1v) is 15.2. The molecule has 0 radical (unpaired) electrons. The Morgan fingerprint density at radius 3 is 1.68 bits per heavy atom. The monoisotopic (exact) mass is 594 g/mol. The zero-order valence-corrected chi connectivity index (χ0v) is 25.3.